The van der Waals surface area contributed by atoms with Gasteiger partial charge in [-0.15, -0.1) is 0 Å². The van der Waals surface area contributed by atoms with Gasteiger partial charge in [0.2, 0.25) is 0 Å². The van der Waals surface area contributed by atoms with Crippen molar-refractivity contribution in [1.29, 1.82) is 0 Å². The van der Waals surface area contributed by atoms with Gasteiger partial charge in [-0.05, 0) is 61.4 Å². The Morgan fingerprint density at radius 1 is 0.655 bits per heavy atom. The molecule has 0 spiro atoms. The number of esters is 2. The first-order chi connectivity index (χ1) is 14.1. The van der Waals surface area contributed by atoms with Crippen molar-refractivity contribution < 1.29 is 40.3 Å². The van der Waals surface area contributed by atoms with Crippen LogP contribution in [0.1, 0.15) is 65.2 Å². The van der Waals surface area contributed by atoms with Gasteiger partial charge in [0.15, 0.2) is 7.14 Å². The quantitative estimate of drug-likeness (QED) is 0.191. The molecule has 4 nitrogen and oxygen atoms in total. The minimum absolute atomic E-state index is 0.166. The number of hydrogen-bond donors (Lipinski definition) is 0. The smallest absolute Gasteiger partial charge is 0.357 e. The van der Waals surface area contributed by atoms with Crippen LogP contribution in [0.2, 0.25) is 0 Å². The molecule has 29 heavy (non-hydrogen) atoms. The maximum atomic E-state index is 11.8. The fourth-order valence-electron chi connectivity index (χ4n) is 2.66. The maximum absolute atomic E-state index is 11.8. The Hall–Kier alpha value is -1.89. The first-order valence-corrected chi connectivity index (χ1v) is 12.5. The van der Waals surface area contributed by atoms with Crippen LogP contribution in [-0.4, -0.2) is 11.9 Å². The molecular formula is C24H30IO4+. The summed E-state index contributed by atoms with van der Waals surface area (Å²) in [6, 6.07) is 15.5. The molecule has 0 saturated carbocycles. The molecule has 0 amide bonds. The van der Waals surface area contributed by atoms with Gasteiger partial charge in [-0.3, -0.25) is 9.59 Å². The average molecular weight is 509 g/mol. The van der Waals surface area contributed by atoms with Gasteiger partial charge in [-0.2, -0.15) is 0 Å². The summed E-state index contributed by atoms with van der Waals surface area (Å²) in [5, 5.41) is 0. The third-order valence-electron chi connectivity index (χ3n) is 4.28. The van der Waals surface area contributed by atoms with Crippen LogP contribution in [0.3, 0.4) is 0 Å². The monoisotopic (exact) mass is 509 g/mol. The van der Waals surface area contributed by atoms with Gasteiger partial charge in [0.25, 0.3) is 0 Å². The third kappa shape index (κ3) is 9.43. The van der Waals surface area contributed by atoms with E-state index in [-0.39, 0.29) is 33.1 Å². The number of ether oxygens (including phenoxy) is 2. The summed E-state index contributed by atoms with van der Waals surface area (Å²) in [5.74, 6) is 0.871. The summed E-state index contributed by atoms with van der Waals surface area (Å²) in [4.78, 5) is 23.6. The highest BCUT2D eigenvalue weighted by Crippen LogP contribution is 2.12. The summed E-state index contributed by atoms with van der Waals surface area (Å²) in [5.41, 5.74) is 0. The highest BCUT2D eigenvalue weighted by atomic mass is 127. The van der Waals surface area contributed by atoms with Crippen LogP contribution in [0.5, 0.6) is 11.5 Å². The van der Waals surface area contributed by atoms with Crippen molar-refractivity contribution >= 4 is 11.9 Å². The summed E-state index contributed by atoms with van der Waals surface area (Å²) >= 11 is -0.344. The number of halogens is 1. The van der Waals surface area contributed by atoms with Crippen LogP contribution in [0.25, 0.3) is 0 Å². The molecule has 2 rings (SSSR count). The van der Waals surface area contributed by atoms with Gasteiger partial charge < -0.3 is 9.47 Å². The van der Waals surface area contributed by atoms with E-state index in [1.165, 1.54) is 7.14 Å². The van der Waals surface area contributed by atoms with Crippen molar-refractivity contribution in [3.63, 3.8) is 0 Å². The lowest BCUT2D eigenvalue weighted by Gasteiger charge is -2.03. The maximum Gasteiger partial charge on any atom is 0.357 e. The molecule has 0 aliphatic heterocycles. The number of carbonyl (C=O) groups is 2. The van der Waals surface area contributed by atoms with Crippen LogP contribution in [-0.2, 0) is 9.59 Å². The first kappa shape index (κ1) is 23.4. The fourth-order valence-corrected chi connectivity index (χ4v) is 4.82. The second-order valence-electron chi connectivity index (χ2n) is 6.86. The van der Waals surface area contributed by atoms with Crippen molar-refractivity contribution in [2.24, 2.45) is 0 Å². The van der Waals surface area contributed by atoms with Gasteiger partial charge in [0.05, 0.1) is 0 Å². The molecule has 2 aromatic carbocycles. The first-order valence-electron chi connectivity index (χ1n) is 10.4. The van der Waals surface area contributed by atoms with E-state index in [1.54, 1.807) is 0 Å². The number of unbranched alkanes of at least 4 members (excludes halogenated alkanes) is 4. The number of benzene rings is 2. The zero-order valence-electron chi connectivity index (χ0n) is 17.3. The molecule has 0 fully saturated rings. The Kier molecular flexibility index (Phi) is 10.8. The van der Waals surface area contributed by atoms with E-state index in [4.69, 9.17) is 9.47 Å². The average Bonchev–Trinajstić information content (AvgIpc) is 2.71. The molecule has 0 heterocycles. The second-order valence-corrected chi connectivity index (χ2v) is 9.90. The molecule has 0 bridgehead atoms. The standard InChI is InChI=1S/C24H30IO4/c1-3-5-7-9-23(26)28-21-15-11-19(12-16-21)25-20-13-17-22(18-14-20)29-24(27)10-8-6-4-2/h11-18H,3-10H2,1-2H3/q+1. The minimum atomic E-state index is -0.344. The Bertz CT molecular complexity index is 688. The van der Waals surface area contributed by atoms with Crippen molar-refractivity contribution in [2.45, 2.75) is 65.2 Å². The molecule has 5 heteroatoms. The molecule has 0 unspecified atom stereocenters. The predicted molar refractivity (Wildman–Crippen MR) is 110 cm³/mol. The summed E-state index contributed by atoms with van der Waals surface area (Å²) in [6.07, 6.45) is 6.98. The molecule has 156 valence electrons. The lowest BCUT2D eigenvalue weighted by atomic mass is 10.2. The zero-order valence-corrected chi connectivity index (χ0v) is 19.4. The second kappa shape index (κ2) is 13.4. The largest absolute Gasteiger partial charge is 0.427 e. The molecule has 2 aromatic rings. The van der Waals surface area contributed by atoms with E-state index in [1.807, 2.05) is 48.5 Å². The van der Waals surface area contributed by atoms with Crippen LogP contribution in [0.4, 0.5) is 0 Å². The van der Waals surface area contributed by atoms with Gasteiger partial charge >= 0.3 is 33.1 Å². The van der Waals surface area contributed by atoms with E-state index in [0.717, 1.165) is 38.5 Å². The lowest BCUT2D eigenvalue weighted by Crippen LogP contribution is -3.61. The van der Waals surface area contributed by atoms with Crippen molar-refractivity contribution in [1.82, 2.24) is 0 Å². The fraction of sp³-hybridized carbons (Fsp3) is 0.417. The number of rotatable bonds is 12. The van der Waals surface area contributed by atoms with Crippen molar-refractivity contribution in [3.05, 3.63) is 55.7 Å². The van der Waals surface area contributed by atoms with Crippen LogP contribution >= 0.6 is 0 Å². The molecule has 0 saturated heterocycles. The van der Waals surface area contributed by atoms with E-state index in [0.29, 0.717) is 24.3 Å². The topological polar surface area (TPSA) is 52.6 Å². The Morgan fingerprint density at radius 3 is 1.38 bits per heavy atom. The normalized spacial score (nSPS) is 10.6. The van der Waals surface area contributed by atoms with Gasteiger partial charge in [-0.25, -0.2) is 0 Å². The lowest BCUT2D eigenvalue weighted by molar-refractivity contribution is -0.597. The Morgan fingerprint density at radius 2 is 1.03 bits per heavy atom. The summed E-state index contributed by atoms with van der Waals surface area (Å²) in [7, 11) is 0. The number of carbonyl (C=O) groups excluding carboxylic acids is 2. The van der Waals surface area contributed by atoms with E-state index in [2.05, 4.69) is 13.8 Å². The molecule has 0 aromatic heterocycles. The van der Waals surface area contributed by atoms with Gasteiger partial charge in [0, 0.05) is 12.8 Å². The highest BCUT2D eigenvalue weighted by molar-refractivity contribution is 5.72. The van der Waals surface area contributed by atoms with Crippen molar-refractivity contribution in [2.75, 3.05) is 0 Å². The predicted octanol–water partition coefficient (Wildman–Crippen LogP) is 2.79. The Labute approximate surface area is 184 Å². The van der Waals surface area contributed by atoms with E-state index >= 15 is 0 Å². The van der Waals surface area contributed by atoms with Crippen molar-refractivity contribution in [3.8, 4) is 11.5 Å². The molecule has 0 radical (unpaired) electrons. The molecule has 0 aliphatic carbocycles. The molecular weight excluding hydrogens is 479 g/mol. The van der Waals surface area contributed by atoms with Gasteiger partial charge in [0.1, 0.15) is 11.5 Å². The Balaban J connectivity index is 1.80. The van der Waals surface area contributed by atoms with E-state index < -0.39 is 0 Å². The van der Waals surface area contributed by atoms with Crippen LogP contribution < -0.4 is 30.7 Å². The summed E-state index contributed by atoms with van der Waals surface area (Å²) < 4.78 is 13.2. The molecule has 0 aliphatic rings. The van der Waals surface area contributed by atoms with E-state index in [9.17, 15) is 9.59 Å². The SMILES string of the molecule is CCCCCC(=O)Oc1ccc([I+]c2ccc(OC(=O)CCCCC)cc2)cc1. The zero-order chi connectivity index (χ0) is 20.9. The number of hydrogen-bond acceptors (Lipinski definition) is 4. The van der Waals surface area contributed by atoms with Gasteiger partial charge in [-0.1, -0.05) is 39.5 Å². The van der Waals surface area contributed by atoms with Crippen LogP contribution in [0.15, 0.2) is 48.5 Å². The molecule has 0 atom stereocenters. The summed E-state index contributed by atoms with van der Waals surface area (Å²) in [6.45, 7) is 4.23. The highest BCUT2D eigenvalue weighted by Gasteiger charge is 2.16. The molecule has 0 N–H and O–H groups in total. The third-order valence-corrected chi connectivity index (χ3v) is 6.96. The van der Waals surface area contributed by atoms with Crippen LogP contribution in [0, 0.1) is 7.14 Å². The minimum Gasteiger partial charge on any atom is -0.427 e.